The molecule has 5 heteroatoms. The Morgan fingerprint density at radius 3 is 2.33 bits per heavy atom. The fourth-order valence-corrected chi connectivity index (χ4v) is 1.11. The van der Waals surface area contributed by atoms with E-state index in [-0.39, 0.29) is 29.9 Å². The van der Waals surface area contributed by atoms with Crippen LogP contribution < -0.4 is 16.2 Å². The van der Waals surface area contributed by atoms with E-state index in [9.17, 15) is 0 Å². The summed E-state index contributed by atoms with van der Waals surface area (Å²) in [4.78, 5) is 3.90. The summed E-state index contributed by atoms with van der Waals surface area (Å²) < 4.78 is 5.04. The van der Waals surface area contributed by atoms with Gasteiger partial charge >= 0.3 is 0 Å². The second kappa shape index (κ2) is 7.33. The Hall–Kier alpha value is -0.980. The lowest BCUT2D eigenvalue weighted by Crippen LogP contribution is -2.23. The molecule has 4 N–H and O–H groups in total. The summed E-state index contributed by atoms with van der Waals surface area (Å²) in [6, 6.07) is 7.85. The largest absolute Gasteiger partial charge is 0.497 e. The molecule has 84 valence electrons. The second-order valence-electron chi connectivity index (χ2n) is 2.90. The van der Waals surface area contributed by atoms with Gasteiger partial charge in [0.2, 0.25) is 0 Å². The van der Waals surface area contributed by atoms with Crippen molar-refractivity contribution >= 4 is 29.9 Å². The van der Waals surface area contributed by atoms with Gasteiger partial charge in [-0.1, -0.05) is 12.1 Å². The number of nitrogens with two attached hydrogens (primary N) is 2. The summed E-state index contributed by atoms with van der Waals surface area (Å²) in [6.45, 7) is 0.620. The number of ether oxygens (including phenoxy) is 1. The fourth-order valence-electron chi connectivity index (χ4n) is 1.11. The molecule has 0 aromatic heterocycles. The van der Waals surface area contributed by atoms with Crippen molar-refractivity contribution in [1.82, 2.24) is 0 Å². The third kappa shape index (κ3) is 5.46. The topological polar surface area (TPSA) is 73.6 Å². The van der Waals surface area contributed by atoms with E-state index in [1.54, 1.807) is 7.11 Å². The number of nitrogens with zero attached hydrogens (tertiary/aromatic N) is 1. The van der Waals surface area contributed by atoms with Crippen molar-refractivity contribution in [2.75, 3.05) is 13.7 Å². The van der Waals surface area contributed by atoms with E-state index in [0.29, 0.717) is 6.54 Å². The highest BCUT2D eigenvalue weighted by Gasteiger charge is 1.93. The van der Waals surface area contributed by atoms with Crippen molar-refractivity contribution < 1.29 is 4.74 Å². The number of aliphatic imine (C=N–C) groups is 1. The van der Waals surface area contributed by atoms with E-state index in [4.69, 9.17) is 16.2 Å². The maximum Gasteiger partial charge on any atom is 0.185 e. The molecular formula is C10H16IN3O. The molecule has 0 atom stereocenters. The highest BCUT2D eigenvalue weighted by molar-refractivity contribution is 14.0. The third-order valence-corrected chi connectivity index (χ3v) is 1.85. The van der Waals surface area contributed by atoms with Crippen LogP contribution >= 0.6 is 24.0 Å². The number of guanidine groups is 1. The molecule has 0 heterocycles. The fraction of sp³-hybridized carbons (Fsp3) is 0.300. The van der Waals surface area contributed by atoms with Crippen LogP contribution in [-0.4, -0.2) is 19.6 Å². The van der Waals surface area contributed by atoms with Crippen LogP contribution in [0.3, 0.4) is 0 Å². The van der Waals surface area contributed by atoms with Crippen molar-refractivity contribution in [3.8, 4) is 5.75 Å². The molecule has 0 unspecified atom stereocenters. The predicted octanol–water partition coefficient (Wildman–Crippen LogP) is 1.13. The molecule has 15 heavy (non-hydrogen) atoms. The Morgan fingerprint density at radius 1 is 1.27 bits per heavy atom. The maximum absolute atomic E-state index is 5.21. The second-order valence-corrected chi connectivity index (χ2v) is 2.90. The van der Waals surface area contributed by atoms with Gasteiger partial charge in [-0.05, 0) is 24.1 Å². The smallest absolute Gasteiger partial charge is 0.185 e. The molecule has 1 rings (SSSR count). The zero-order valence-electron chi connectivity index (χ0n) is 8.64. The minimum Gasteiger partial charge on any atom is -0.497 e. The lowest BCUT2D eigenvalue weighted by Gasteiger charge is -2.01. The zero-order chi connectivity index (χ0) is 10.4. The van der Waals surface area contributed by atoms with Crippen LogP contribution in [0.25, 0.3) is 0 Å². The minimum absolute atomic E-state index is 0. The van der Waals surface area contributed by atoms with E-state index < -0.39 is 0 Å². The van der Waals surface area contributed by atoms with Crippen molar-refractivity contribution in [3.63, 3.8) is 0 Å². The van der Waals surface area contributed by atoms with E-state index in [1.807, 2.05) is 24.3 Å². The number of hydrogen-bond donors (Lipinski definition) is 2. The van der Waals surface area contributed by atoms with Crippen LogP contribution in [0.4, 0.5) is 0 Å². The maximum atomic E-state index is 5.21. The molecule has 0 aliphatic carbocycles. The Kier molecular flexibility index (Phi) is 6.85. The lowest BCUT2D eigenvalue weighted by atomic mass is 10.1. The van der Waals surface area contributed by atoms with E-state index in [1.165, 1.54) is 5.56 Å². The van der Waals surface area contributed by atoms with Crippen LogP contribution in [0.1, 0.15) is 5.56 Å². The first kappa shape index (κ1) is 14.0. The van der Waals surface area contributed by atoms with Crippen LogP contribution in [0.2, 0.25) is 0 Å². The molecule has 4 nitrogen and oxygen atoms in total. The summed E-state index contributed by atoms with van der Waals surface area (Å²) in [7, 11) is 1.65. The van der Waals surface area contributed by atoms with Crippen molar-refractivity contribution in [2.45, 2.75) is 6.42 Å². The van der Waals surface area contributed by atoms with Gasteiger partial charge in [0.05, 0.1) is 7.11 Å². The van der Waals surface area contributed by atoms with Crippen LogP contribution in [0.15, 0.2) is 29.3 Å². The van der Waals surface area contributed by atoms with Gasteiger partial charge in [-0.15, -0.1) is 24.0 Å². The van der Waals surface area contributed by atoms with Crippen molar-refractivity contribution in [1.29, 1.82) is 0 Å². The lowest BCUT2D eigenvalue weighted by molar-refractivity contribution is 0.414. The van der Waals surface area contributed by atoms with Gasteiger partial charge in [0.1, 0.15) is 5.75 Å². The summed E-state index contributed by atoms with van der Waals surface area (Å²) in [6.07, 6.45) is 0.835. The number of halogens is 1. The molecule has 1 aromatic carbocycles. The molecule has 0 saturated carbocycles. The number of rotatable bonds is 4. The molecule has 0 fully saturated rings. The normalized spacial score (nSPS) is 8.87. The first-order valence-electron chi connectivity index (χ1n) is 4.40. The number of methoxy groups -OCH3 is 1. The molecular weight excluding hydrogens is 305 g/mol. The highest BCUT2D eigenvalue weighted by atomic mass is 127. The highest BCUT2D eigenvalue weighted by Crippen LogP contribution is 2.11. The van der Waals surface area contributed by atoms with Crippen LogP contribution in [0, 0.1) is 0 Å². The predicted molar refractivity (Wildman–Crippen MR) is 72.8 cm³/mol. The Labute approximate surface area is 107 Å². The van der Waals surface area contributed by atoms with Crippen molar-refractivity contribution in [3.05, 3.63) is 29.8 Å². The quantitative estimate of drug-likeness (QED) is 0.496. The standard InChI is InChI=1S/C10H15N3O.HI/c1-14-9-4-2-8(3-5-9)6-7-13-10(11)12;/h2-5H,6-7H2,1H3,(H4,11,12,13);1H. The monoisotopic (exact) mass is 321 g/mol. The van der Waals surface area contributed by atoms with Gasteiger partial charge < -0.3 is 16.2 Å². The van der Waals surface area contributed by atoms with Crippen molar-refractivity contribution in [2.24, 2.45) is 16.5 Å². The van der Waals surface area contributed by atoms with Gasteiger partial charge in [-0.2, -0.15) is 0 Å². The number of hydrogen-bond acceptors (Lipinski definition) is 2. The summed E-state index contributed by atoms with van der Waals surface area (Å²) in [5.74, 6) is 0.995. The first-order chi connectivity index (χ1) is 6.72. The van der Waals surface area contributed by atoms with E-state index in [2.05, 4.69) is 4.99 Å². The van der Waals surface area contributed by atoms with Gasteiger partial charge in [-0.3, -0.25) is 4.99 Å². The zero-order valence-corrected chi connectivity index (χ0v) is 11.0. The molecule has 0 radical (unpaired) electrons. The van der Waals surface area contributed by atoms with Crippen LogP contribution in [0.5, 0.6) is 5.75 Å². The Morgan fingerprint density at radius 2 is 1.87 bits per heavy atom. The summed E-state index contributed by atoms with van der Waals surface area (Å²) >= 11 is 0. The molecule has 1 aromatic rings. The molecule has 0 saturated heterocycles. The first-order valence-corrected chi connectivity index (χ1v) is 4.40. The molecule has 0 aliphatic heterocycles. The number of benzene rings is 1. The van der Waals surface area contributed by atoms with Crippen LogP contribution in [-0.2, 0) is 6.42 Å². The van der Waals surface area contributed by atoms with Gasteiger partial charge in [0.25, 0.3) is 0 Å². The van der Waals surface area contributed by atoms with E-state index in [0.717, 1.165) is 12.2 Å². The third-order valence-electron chi connectivity index (χ3n) is 1.85. The van der Waals surface area contributed by atoms with Gasteiger partial charge in [0, 0.05) is 6.54 Å². The Balaban J connectivity index is 0.00000196. The van der Waals surface area contributed by atoms with Gasteiger partial charge in [-0.25, -0.2) is 0 Å². The molecule has 0 spiro atoms. The SMILES string of the molecule is COc1ccc(CCN=C(N)N)cc1.I. The van der Waals surface area contributed by atoms with E-state index >= 15 is 0 Å². The average Bonchev–Trinajstić information content (AvgIpc) is 2.18. The van der Waals surface area contributed by atoms with Gasteiger partial charge in [0.15, 0.2) is 5.96 Å². The summed E-state index contributed by atoms with van der Waals surface area (Å²) in [5, 5.41) is 0. The molecule has 0 amide bonds. The average molecular weight is 321 g/mol. The summed E-state index contributed by atoms with van der Waals surface area (Å²) in [5.41, 5.74) is 11.6. The minimum atomic E-state index is 0. The molecule has 0 aliphatic rings. The molecule has 0 bridgehead atoms. The Bertz CT molecular complexity index is 307.